The van der Waals surface area contributed by atoms with Crippen LogP contribution in [0.1, 0.15) is 26.7 Å². The maximum Gasteiger partial charge on any atom is 0.122 e. The van der Waals surface area contributed by atoms with E-state index in [1.807, 2.05) is 31.5 Å². The molecule has 0 radical (unpaired) electrons. The van der Waals surface area contributed by atoms with Gasteiger partial charge < -0.3 is 10.3 Å². The molecular formula is C12H14N4S. The quantitative estimate of drug-likeness (QED) is 0.884. The van der Waals surface area contributed by atoms with Crippen LogP contribution in [-0.4, -0.2) is 9.55 Å². The number of nitrogens with two attached hydrogens (primary N) is 1. The van der Waals surface area contributed by atoms with Gasteiger partial charge in [0.1, 0.15) is 11.9 Å². The third-order valence-corrected chi connectivity index (χ3v) is 3.86. The van der Waals surface area contributed by atoms with Gasteiger partial charge in [0.2, 0.25) is 0 Å². The first-order valence-electron chi connectivity index (χ1n) is 5.31. The first-order chi connectivity index (χ1) is 8.04. The Kier molecular flexibility index (Phi) is 2.90. The predicted molar refractivity (Wildman–Crippen MR) is 69.0 cm³/mol. The zero-order valence-corrected chi connectivity index (χ0v) is 10.9. The predicted octanol–water partition coefficient (Wildman–Crippen LogP) is 2.37. The van der Waals surface area contributed by atoms with Gasteiger partial charge >= 0.3 is 0 Å². The second kappa shape index (κ2) is 4.22. The van der Waals surface area contributed by atoms with Crippen molar-refractivity contribution in [3.8, 4) is 6.07 Å². The van der Waals surface area contributed by atoms with Gasteiger partial charge in [0.15, 0.2) is 0 Å². The van der Waals surface area contributed by atoms with Crippen molar-refractivity contribution in [2.45, 2.75) is 27.3 Å². The molecule has 0 aliphatic heterocycles. The summed E-state index contributed by atoms with van der Waals surface area (Å²) in [6.07, 6.45) is 1.86. The highest BCUT2D eigenvalue weighted by Crippen LogP contribution is 2.25. The van der Waals surface area contributed by atoms with E-state index in [-0.39, 0.29) is 0 Å². The van der Waals surface area contributed by atoms with E-state index in [1.54, 1.807) is 11.3 Å². The number of anilines is 1. The van der Waals surface area contributed by atoms with Gasteiger partial charge in [-0.05, 0) is 26.3 Å². The van der Waals surface area contributed by atoms with Crippen molar-refractivity contribution >= 4 is 17.2 Å². The SMILES string of the molecule is Cc1ncc(Cn2c(C)c(C)c(C#N)c2N)s1. The molecule has 0 fully saturated rings. The molecule has 2 aromatic heterocycles. The van der Waals surface area contributed by atoms with Crippen molar-refractivity contribution in [3.63, 3.8) is 0 Å². The van der Waals surface area contributed by atoms with Crippen LogP contribution in [0.5, 0.6) is 0 Å². The lowest BCUT2D eigenvalue weighted by molar-refractivity contribution is 0.793. The lowest BCUT2D eigenvalue weighted by Crippen LogP contribution is -2.05. The van der Waals surface area contributed by atoms with Gasteiger partial charge in [0, 0.05) is 16.8 Å². The molecule has 5 heteroatoms. The van der Waals surface area contributed by atoms with Crippen molar-refractivity contribution in [1.29, 1.82) is 5.26 Å². The van der Waals surface area contributed by atoms with Crippen LogP contribution in [0.25, 0.3) is 0 Å². The Morgan fingerprint density at radius 3 is 2.65 bits per heavy atom. The highest BCUT2D eigenvalue weighted by molar-refractivity contribution is 7.11. The molecule has 0 unspecified atom stereocenters. The highest BCUT2D eigenvalue weighted by Gasteiger charge is 2.15. The van der Waals surface area contributed by atoms with Gasteiger partial charge in [0.25, 0.3) is 0 Å². The number of nitrogen functional groups attached to an aromatic ring is 1. The summed E-state index contributed by atoms with van der Waals surface area (Å²) in [4.78, 5) is 5.37. The molecule has 88 valence electrons. The Bertz CT molecular complexity index is 601. The molecule has 2 rings (SSSR count). The normalized spacial score (nSPS) is 10.5. The number of aryl methyl sites for hydroxylation is 1. The van der Waals surface area contributed by atoms with Crippen LogP contribution in [0, 0.1) is 32.1 Å². The molecule has 2 heterocycles. The number of hydrogen-bond acceptors (Lipinski definition) is 4. The molecule has 17 heavy (non-hydrogen) atoms. The van der Waals surface area contributed by atoms with Crippen LogP contribution >= 0.6 is 11.3 Å². The average Bonchev–Trinajstić information content (AvgIpc) is 2.78. The van der Waals surface area contributed by atoms with Crippen LogP contribution < -0.4 is 5.73 Å². The van der Waals surface area contributed by atoms with Gasteiger partial charge in [0.05, 0.1) is 17.1 Å². The van der Waals surface area contributed by atoms with Crippen LogP contribution in [0.15, 0.2) is 6.20 Å². The number of thiazole rings is 1. The molecule has 0 bridgehead atoms. The number of rotatable bonds is 2. The van der Waals surface area contributed by atoms with Gasteiger partial charge in [-0.2, -0.15) is 5.26 Å². The van der Waals surface area contributed by atoms with Crippen molar-refractivity contribution in [3.05, 3.63) is 32.9 Å². The molecular weight excluding hydrogens is 232 g/mol. The van der Waals surface area contributed by atoms with Gasteiger partial charge in [-0.3, -0.25) is 0 Å². The smallest absolute Gasteiger partial charge is 0.122 e. The minimum Gasteiger partial charge on any atom is -0.384 e. The molecule has 2 aromatic rings. The van der Waals surface area contributed by atoms with E-state index >= 15 is 0 Å². The zero-order valence-electron chi connectivity index (χ0n) is 10.1. The third-order valence-electron chi connectivity index (χ3n) is 2.96. The van der Waals surface area contributed by atoms with Crippen molar-refractivity contribution < 1.29 is 0 Å². The Labute approximate surface area is 104 Å². The van der Waals surface area contributed by atoms with Gasteiger partial charge in [-0.1, -0.05) is 0 Å². The molecule has 0 aromatic carbocycles. The maximum absolute atomic E-state index is 9.05. The molecule has 0 aliphatic carbocycles. The third kappa shape index (κ3) is 1.92. The van der Waals surface area contributed by atoms with E-state index in [2.05, 4.69) is 11.1 Å². The lowest BCUT2D eigenvalue weighted by Gasteiger charge is -2.06. The van der Waals surface area contributed by atoms with Crippen LogP contribution in [0.3, 0.4) is 0 Å². The maximum atomic E-state index is 9.05. The van der Waals surface area contributed by atoms with E-state index in [0.717, 1.165) is 21.1 Å². The molecule has 4 nitrogen and oxygen atoms in total. The summed E-state index contributed by atoms with van der Waals surface area (Å²) in [5.74, 6) is 0.550. The second-order valence-electron chi connectivity index (χ2n) is 4.01. The van der Waals surface area contributed by atoms with Crippen LogP contribution in [0.4, 0.5) is 5.82 Å². The summed E-state index contributed by atoms with van der Waals surface area (Å²) in [7, 11) is 0. The molecule has 2 N–H and O–H groups in total. The minimum absolute atomic E-state index is 0.550. The first-order valence-corrected chi connectivity index (χ1v) is 6.12. The number of nitrogens with zero attached hydrogens (tertiary/aromatic N) is 3. The standard InChI is InChI=1S/C12H14N4S/c1-7-8(2)16(12(14)11(7)4-13)6-10-5-15-9(3)17-10/h5H,6,14H2,1-3H3. The summed E-state index contributed by atoms with van der Waals surface area (Å²) in [5.41, 5.74) is 8.59. The van der Waals surface area contributed by atoms with E-state index in [0.29, 0.717) is 17.9 Å². The number of nitriles is 1. The van der Waals surface area contributed by atoms with E-state index in [4.69, 9.17) is 11.0 Å². The molecule has 0 spiro atoms. The summed E-state index contributed by atoms with van der Waals surface area (Å²) in [6, 6.07) is 2.16. The molecule has 0 amide bonds. The molecule has 0 saturated heterocycles. The number of aromatic nitrogens is 2. The van der Waals surface area contributed by atoms with Crippen molar-refractivity contribution in [1.82, 2.24) is 9.55 Å². The Balaban J connectivity index is 2.44. The second-order valence-corrected chi connectivity index (χ2v) is 5.33. The molecule has 0 saturated carbocycles. The fraction of sp³-hybridized carbons (Fsp3) is 0.333. The lowest BCUT2D eigenvalue weighted by atomic mass is 10.2. The van der Waals surface area contributed by atoms with Crippen molar-refractivity contribution in [2.24, 2.45) is 0 Å². The van der Waals surface area contributed by atoms with Crippen molar-refractivity contribution in [2.75, 3.05) is 5.73 Å². The Hall–Kier alpha value is -1.80. The Morgan fingerprint density at radius 2 is 2.18 bits per heavy atom. The fourth-order valence-electron chi connectivity index (χ4n) is 1.87. The monoisotopic (exact) mass is 246 g/mol. The van der Waals surface area contributed by atoms with E-state index in [9.17, 15) is 0 Å². The topological polar surface area (TPSA) is 67.6 Å². The summed E-state index contributed by atoms with van der Waals surface area (Å²) >= 11 is 1.65. The average molecular weight is 246 g/mol. The van der Waals surface area contributed by atoms with Crippen LogP contribution in [-0.2, 0) is 6.54 Å². The minimum atomic E-state index is 0.550. The van der Waals surface area contributed by atoms with E-state index < -0.39 is 0 Å². The number of hydrogen-bond donors (Lipinski definition) is 1. The Morgan fingerprint density at radius 1 is 1.47 bits per heavy atom. The zero-order chi connectivity index (χ0) is 12.6. The summed E-state index contributed by atoms with van der Waals surface area (Å²) in [6.45, 7) is 6.58. The summed E-state index contributed by atoms with van der Waals surface area (Å²) < 4.78 is 1.97. The van der Waals surface area contributed by atoms with Gasteiger partial charge in [-0.25, -0.2) is 4.98 Å². The highest BCUT2D eigenvalue weighted by atomic mass is 32.1. The summed E-state index contributed by atoms with van der Waals surface area (Å²) in [5, 5.41) is 10.1. The molecule has 0 atom stereocenters. The van der Waals surface area contributed by atoms with Gasteiger partial charge in [-0.15, -0.1) is 11.3 Å². The fourth-order valence-corrected chi connectivity index (χ4v) is 2.65. The first kappa shape index (κ1) is 11.7. The van der Waals surface area contributed by atoms with Crippen LogP contribution in [0.2, 0.25) is 0 Å². The van der Waals surface area contributed by atoms with E-state index in [1.165, 1.54) is 0 Å². The largest absolute Gasteiger partial charge is 0.384 e. The molecule has 0 aliphatic rings.